The summed E-state index contributed by atoms with van der Waals surface area (Å²) >= 11 is 0. The van der Waals surface area contributed by atoms with Crippen LogP contribution in [0.2, 0.25) is 0 Å². The number of carbonyl (C=O) groups excluding carboxylic acids is 1. The first kappa shape index (κ1) is 19.2. The van der Waals surface area contributed by atoms with Crippen molar-refractivity contribution in [1.29, 1.82) is 0 Å². The lowest BCUT2D eigenvalue weighted by Gasteiger charge is -2.40. The van der Waals surface area contributed by atoms with Crippen molar-refractivity contribution in [3.8, 4) is 0 Å². The molecule has 0 bridgehead atoms. The van der Waals surface area contributed by atoms with Gasteiger partial charge in [-0.05, 0) is 38.8 Å². The van der Waals surface area contributed by atoms with E-state index in [-0.39, 0.29) is 12.5 Å². The minimum Gasteiger partial charge on any atom is -0.341 e. The van der Waals surface area contributed by atoms with E-state index in [9.17, 15) is 9.90 Å². The molecule has 0 radical (unpaired) electrons. The predicted octanol–water partition coefficient (Wildman–Crippen LogP) is 3.79. The molecule has 0 fully saturated rings. The molecule has 0 saturated carbocycles. The average molecular weight is 341 g/mol. The molecule has 2 rings (SSSR count). The summed E-state index contributed by atoms with van der Waals surface area (Å²) in [6.07, 6.45) is -0.722. The van der Waals surface area contributed by atoms with Crippen LogP contribution in [0.5, 0.6) is 0 Å². The van der Waals surface area contributed by atoms with Gasteiger partial charge in [0, 0.05) is 11.3 Å². The molecule has 4 heteroatoms. The van der Waals surface area contributed by atoms with Crippen molar-refractivity contribution < 1.29 is 14.4 Å². The Kier molecular flexibility index (Phi) is 6.34. The number of aryl methyl sites for hydroxylation is 2. The maximum atomic E-state index is 12.7. The van der Waals surface area contributed by atoms with Gasteiger partial charge >= 0.3 is 0 Å². The van der Waals surface area contributed by atoms with Crippen LogP contribution < -0.4 is 5.32 Å². The van der Waals surface area contributed by atoms with Gasteiger partial charge in [0.15, 0.2) is 6.54 Å². The first-order chi connectivity index (χ1) is 11.9. The summed E-state index contributed by atoms with van der Waals surface area (Å²) in [6.45, 7) is 9.59. The molecular formula is C21H29N2O2+. The Hall–Kier alpha value is -2.17. The highest BCUT2D eigenvalue weighted by Crippen LogP contribution is 2.27. The maximum Gasteiger partial charge on any atom is 0.279 e. The van der Waals surface area contributed by atoms with Crippen molar-refractivity contribution in [3.05, 3.63) is 65.2 Å². The fraction of sp³-hybridized carbons (Fsp3) is 0.381. The van der Waals surface area contributed by atoms with Gasteiger partial charge in [0.1, 0.15) is 0 Å². The number of quaternary nitrogens is 1. The second kappa shape index (κ2) is 8.28. The number of benzene rings is 2. The van der Waals surface area contributed by atoms with Crippen LogP contribution in [-0.2, 0) is 4.79 Å². The second-order valence-corrected chi connectivity index (χ2v) is 6.61. The molecular weight excluding hydrogens is 312 g/mol. The molecule has 0 saturated heterocycles. The van der Waals surface area contributed by atoms with E-state index >= 15 is 0 Å². The van der Waals surface area contributed by atoms with Crippen molar-refractivity contribution in [2.24, 2.45) is 0 Å². The van der Waals surface area contributed by atoms with Gasteiger partial charge in [-0.25, -0.2) is 0 Å². The predicted molar refractivity (Wildman–Crippen MR) is 102 cm³/mol. The third-order valence-corrected chi connectivity index (χ3v) is 5.08. The molecule has 0 heterocycles. The number of amides is 1. The zero-order valence-electron chi connectivity index (χ0n) is 15.6. The highest BCUT2D eigenvalue weighted by molar-refractivity contribution is 5.93. The zero-order chi connectivity index (χ0) is 18.4. The third-order valence-electron chi connectivity index (χ3n) is 5.08. The third kappa shape index (κ3) is 4.27. The Bertz CT molecular complexity index is 689. The molecule has 0 aromatic heterocycles. The minimum absolute atomic E-state index is 0.0731. The highest BCUT2D eigenvalue weighted by atomic mass is 16.3. The molecule has 2 aromatic rings. The average Bonchev–Trinajstić information content (AvgIpc) is 2.63. The Balaban J connectivity index is 2.22. The van der Waals surface area contributed by atoms with Crippen LogP contribution in [0.25, 0.3) is 0 Å². The lowest BCUT2D eigenvalue weighted by molar-refractivity contribution is -0.968. The molecule has 0 aliphatic heterocycles. The lowest BCUT2D eigenvalue weighted by Crippen LogP contribution is -2.54. The number of hydrogen-bond acceptors (Lipinski definition) is 2. The number of aliphatic hydroxyl groups excluding tert-OH is 1. The Morgan fingerprint density at radius 3 is 2.08 bits per heavy atom. The SMILES string of the molecule is CC[N+](CC)(CC(=O)Nc1c(C)cccc1C)C(O)c1ccccc1. The number of aliphatic hydroxyl groups is 1. The Morgan fingerprint density at radius 1 is 1.00 bits per heavy atom. The maximum absolute atomic E-state index is 12.7. The second-order valence-electron chi connectivity index (χ2n) is 6.61. The fourth-order valence-corrected chi connectivity index (χ4v) is 3.30. The van der Waals surface area contributed by atoms with Crippen LogP contribution in [0.4, 0.5) is 5.69 Å². The summed E-state index contributed by atoms with van der Waals surface area (Å²) in [7, 11) is 0. The van der Waals surface area contributed by atoms with Crippen LogP contribution in [0, 0.1) is 13.8 Å². The molecule has 2 N–H and O–H groups in total. The molecule has 1 unspecified atom stereocenters. The van der Waals surface area contributed by atoms with Crippen LogP contribution >= 0.6 is 0 Å². The van der Waals surface area contributed by atoms with Crippen LogP contribution in [0.3, 0.4) is 0 Å². The highest BCUT2D eigenvalue weighted by Gasteiger charge is 2.36. The Labute approximate surface area is 150 Å². The van der Waals surface area contributed by atoms with E-state index in [0.717, 1.165) is 22.4 Å². The lowest BCUT2D eigenvalue weighted by atomic mass is 10.1. The number of nitrogens with one attached hydrogen (secondary N) is 1. The summed E-state index contributed by atoms with van der Waals surface area (Å²) in [5.41, 5.74) is 3.80. The van der Waals surface area contributed by atoms with E-state index in [4.69, 9.17) is 0 Å². The number of hydrogen-bond donors (Lipinski definition) is 2. The summed E-state index contributed by atoms with van der Waals surface area (Å²) in [5, 5.41) is 14.0. The standard InChI is InChI=1S/C21H28N2O2/c1-5-23(6-2,21(25)18-13-8-7-9-14-18)15-19(24)22-20-16(3)11-10-12-17(20)4/h7-14,21,25H,5-6,15H2,1-4H3/p+1. The first-order valence-electron chi connectivity index (χ1n) is 8.88. The largest absolute Gasteiger partial charge is 0.341 e. The van der Waals surface area contributed by atoms with E-state index in [0.29, 0.717) is 17.6 Å². The van der Waals surface area contributed by atoms with Crippen LogP contribution in [0.1, 0.15) is 36.8 Å². The zero-order valence-corrected chi connectivity index (χ0v) is 15.6. The molecule has 134 valence electrons. The fourth-order valence-electron chi connectivity index (χ4n) is 3.30. The number of rotatable bonds is 7. The topological polar surface area (TPSA) is 49.3 Å². The summed E-state index contributed by atoms with van der Waals surface area (Å²) < 4.78 is 0.306. The number of para-hydroxylation sites is 1. The number of likely N-dealkylation sites (N-methyl/N-ethyl adjacent to an activating group) is 1. The minimum atomic E-state index is -0.722. The molecule has 0 aliphatic rings. The van der Waals surface area contributed by atoms with Crippen LogP contribution in [-0.4, -0.2) is 35.1 Å². The van der Waals surface area contributed by atoms with Gasteiger partial charge in [0.25, 0.3) is 5.91 Å². The number of nitrogens with zero attached hydrogens (tertiary/aromatic N) is 1. The van der Waals surface area contributed by atoms with Gasteiger partial charge in [0.2, 0.25) is 6.23 Å². The van der Waals surface area contributed by atoms with E-state index < -0.39 is 6.23 Å². The number of anilines is 1. The van der Waals surface area contributed by atoms with Gasteiger partial charge < -0.3 is 10.4 Å². The smallest absolute Gasteiger partial charge is 0.279 e. The molecule has 1 amide bonds. The van der Waals surface area contributed by atoms with E-state index in [1.165, 1.54) is 0 Å². The molecule has 0 spiro atoms. The van der Waals surface area contributed by atoms with Gasteiger partial charge in [0.05, 0.1) is 13.1 Å². The van der Waals surface area contributed by atoms with Crippen molar-refractivity contribution in [3.63, 3.8) is 0 Å². The molecule has 25 heavy (non-hydrogen) atoms. The summed E-state index contributed by atoms with van der Waals surface area (Å²) in [6, 6.07) is 15.5. The van der Waals surface area contributed by atoms with Crippen LogP contribution in [0.15, 0.2) is 48.5 Å². The molecule has 4 nitrogen and oxygen atoms in total. The van der Waals surface area contributed by atoms with Crippen molar-refractivity contribution in [1.82, 2.24) is 0 Å². The van der Waals surface area contributed by atoms with Crippen molar-refractivity contribution >= 4 is 11.6 Å². The molecule has 1 atom stereocenters. The normalized spacial score (nSPS) is 12.7. The van der Waals surface area contributed by atoms with E-state index in [1.54, 1.807) is 0 Å². The van der Waals surface area contributed by atoms with Gasteiger partial charge in [-0.2, -0.15) is 0 Å². The van der Waals surface area contributed by atoms with Gasteiger partial charge in [-0.15, -0.1) is 0 Å². The van der Waals surface area contributed by atoms with E-state index in [1.807, 2.05) is 76.2 Å². The summed E-state index contributed by atoms with van der Waals surface area (Å²) in [5.74, 6) is -0.0731. The van der Waals surface area contributed by atoms with Crippen molar-refractivity contribution in [2.75, 3.05) is 25.0 Å². The first-order valence-corrected chi connectivity index (χ1v) is 8.88. The van der Waals surface area contributed by atoms with Crippen molar-refractivity contribution in [2.45, 2.75) is 33.9 Å². The molecule has 2 aromatic carbocycles. The Morgan fingerprint density at radius 2 is 1.56 bits per heavy atom. The quantitative estimate of drug-likeness (QED) is 0.595. The van der Waals surface area contributed by atoms with Gasteiger partial charge in [-0.1, -0.05) is 48.5 Å². The van der Waals surface area contributed by atoms with E-state index in [2.05, 4.69) is 5.32 Å². The monoisotopic (exact) mass is 341 g/mol. The summed E-state index contributed by atoms with van der Waals surface area (Å²) in [4.78, 5) is 12.7. The van der Waals surface area contributed by atoms with Gasteiger partial charge in [-0.3, -0.25) is 9.28 Å². The number of carbonyl (C=O) groups is 1. The molecule has 0 aliphatic carbocycles.